The lowest BCUT2D eigenvalue weighted by atomic mass is 9.93. The number of guanidine groups is 1. The van der Waals surface area contributed by atoms with Crippen molar-refractivity contribution in [3.63, 3.8) is 0 Å². The summed E-state index contributed by atoms with van der Waals surface area (Å²) < 4.78 is 5.57. The summed E-state index contributed by atoms with van der Waals surface area (Å²) >= 11 is 0. The highest BCUT2D eigenvalue weighted by Gasteiger charge is 2.25. The highest BCUT2D eigenvalue weighted by atomic mass is 127. The number of hydrogen-bond donors (Lipinski definition) is 1. The first-order valence-electron chi connectivity index (χ1n) is 9.52. The molecule has 0 spiro atoms. The predicted octanol–water partition coefficient (Wildman–Crippen LogP) is 2.66. The van der Waals surface area contributed by atoms with Crippen LogP contribution in [0, 0.1) is 11.8 Å². The zero-order valence-corrected chi connectivity index (χ0v) is 18.1. The van der Waals surface area contributed by atoms with Crippen molar-refractivity contribution in [2.45, 2.75) is 39.5 Å². The van der Waals surface area contributed by atoms with Crippen molar-refractivity contribution in [1.29, 1.82) is 0 Å². The Labute approximate surface area is 165 Å². The van der Waals surface area contributed by atoms with E-state index >= 15 is 0 Å². The van der Waals surface area contributed by atoms with Crippen molar-refractivity contribution in [1.82, 2.24) is 15.1 Å². The Bertz CT molecular complexity index is 359. The summed E-state index contributed by atoms with van der Waals surface area (Å²) in [6.07, 6.45) is 5.20. The second-order valence-corrected chi connectivity index (χ2v) is 6.90. The van der Waals surface area contributed by atoms with Crippen molar-refractivity contribution < 1.29 is 4.74 Å². The molecule has 5 nitrogen and oxygen atoms in total. The Morgan fingerprint density at radius 3 is 2.46 bits per heavy atom. The molecule has 0 amide bonds. The van der Waals surface area contributed by atoms with Crippen LogP contribution >= 0.6 is 24.0 Å². The Morgan fingerprint density at radius 2 is 1.83 bits per heavy atom. The fraction of sp³-hybridized carbons (Fsp3) is 0.944. The van der Waals surface area contributed by atoms with Gasteiger partial charge in [-0.05, 0) is 58.2 Å². The largest absolute Gasteiger partial charge is 0.381 e. The van der Waals surface area contributed by atoms with Crippen LogP contribution in [0.3, 0.4) is 0 Å². The van der Waals surface area contributed by atoms with E-state index < -0.39 is 0 Å². The van der Waals surface area contributed by atoms with Crippen LogP contribution in [0.5, 0.6) is 0 Å². The maximum absolute atomic E-state index is 5.57. The average Bonchev–Trinajstić information content (AvgIpc) is 3.06. The SMILES string of the molecule is CCOCC1CCN(C(=NC)NCCC2CCN(CC)CC2)C1.I. The average molecular weight is 452 g/mol. The van der Waals surface area contributed by atoms with Crippen LogP contribution in [-0.4, -0.2) is 75.3 Å². The maximum atomic E-state index is 5.57. The molecule has 2 aliphatic rings. The van der Waals surface area contributed by atoms with E-state index in [1.54, 1.807) is 0 Å². The van der Waals surface area contributed by atoms with Crippen molar-refractivity contribution in [2.24, 2.45) is 16.8 Å². The van der Waals surface area contributed by atoms with Crippen LogP contribution in [0.25, 0.3) is 0 Å². The van der Waals surface area contributed by atoms with Gasteiger partial charge >= 0.3 is 0 Å². The van der Waals surface area contributed by atoms with Crippen LogP contribution in [0.4, 0.5) is 0 Å². The lowest BCUT2D eigenvalue weighted by Gasteiger charge is -2.31. The van der Waals surface area contributed by atoms with Gasteiger partial charge in [0.1, 0.15) is 0 Å². The number of halogens is 1. The van der Waals surface area contributed by atoms with Gasteiger partial charge in [0.05, 0.1) is 6.61 Å². The van der Waals surface area contributed by atoms with Crippen molar-refractivity contribution in [3.05, 3.63) is 0 Å². The molecule has 2 rings (SSSR count). The van der Waals surface area contributed by atoms with Crippen molar-refractivity contribution in [3.8, 4) is 0 Å². The quantitative estimate of drug-likeness (QED) is 0.367. The lowest BCUT2D eigenvalue weighted by Crippen LogP contribution is -2.41. The zero-order chi connectivity index (χ0) is 16.5. The second kappa shape index (κ2) is 12.3. The number of likely N-dealkylation sites (tertiary alicyclic amines) is 2. The number of ether oxygens (including phenoxy) is 1. The summed E-state index contributed by atoms with van der Waals surface area (Å²) in [6, 6.07) is 0. The second-order valence-electron chi connectivity index (χ2n) is 6.90. The van der Waals surface area contributed by atoms with Crippen LogP contribution in [0.2, 0.25) is 0 Å². The molecule has 1 unspecified atom stereocenters. The lowest BCUT2D eigenvalue weighted by molar-refractivity contribution is 0.114. The molecule has 142 valence electrons. The third-order valence-corrected chi connectivity index (χ3v) is 5.34. The molecule has 6 heteroatoms. The fourth-order valence-corrected chi connectivity index (χ4v) is 3.76. The first-order valence-corrected chi connectivity index (χ1v) is 9.52. The van der Waals surface area contributed by atoms with Crippen LogP contribution in [-0.2, 0) is 4.74 Å². The van der Waals surface area contributed by atoms with Gasteiger partial charge in [-0.3, -0.25) is 4.99 Å². The third-order valence-electron chi connectivity index (χ3n) is 5.34. The van der Waals surface area contributed by atoms with Crippen LogP contribution in [0.15, 0.2) is 4.99 Å². The molecule has 0 bridgehead atoms. The normalized spacial score (nSPS) is 23.4. The van der Waals surface area contributed by atoms with Gasteiger partial charge in [0.25, 0.3) is 0 Å². The molecule has 2 saturated heterocycles. The van der Waals surface area contributed by atoms with Gasteiger partial charge in [-0.15, -0.1) is 24.0 Å². The molecule has 2 fully saturated rings. The van der Waals surface area contributed by atoms with Gasteiger partial charge in [0.2, 0.25) is 0 Å². The smallest absolute Gasteiger partial charge is 0.193 e. The molecule has 0 aromatic heterocycles. The van der Waals surface area contributed by atoms with E-state index in [0.717, 1.165) is 44.7 Å². The number of nitrogens with one attached hydrogen (secondary N) is 1. The highest BCUT2D eigenvalue weighted by Crippen LogP contribution is 2.20. The Hall–Kier alpha value is -0.0800. The maximum Gasteiger partial charge on any atom is 0.193 e. The van der Waals surface area contributed by atoms with Gasteiger partial charge < -0.3 is 19.9 Å². The minimum atomic E-state index is 0. The Balaban J connectivity index is 0.00000288. The van der Waals surface area contributed by atoms with Crippen molar-refractivity contribution >= 4 is 29.9 Å². The molecule has 0 aliphatic carbocycles. The van der Waals surface area contributed by atoms with Gasteiger partial charge in [-0.2, -0.15) is 0 Å². The molecule has 0 aromatic carbocycles. The van der Waals surface area contributed by atoms with Crippen LogP contribution in [0.1, 0.15) is 39.5 Å². The fourth-order valence-electron chi connectivity index (χ4n) is 3.76. The molecule has 1 N–H and O–H groups in total. The van der Waals surface area contributed by atoms with Gasteiger partial charge in [-0.25, -0.2) is 0 Å². The van der Waals surface area contributed by atoms with Gasteiger partial charge in [0, 0.05) is 39.2 Å². The summed E-state index contributed by atoms with van der Waals surface area (Å²) in [5, 5.41) is 3.58. The standard InChI is InChI=1S/C18H36N4O.HI/c1-4-21-11-7-16(8-12-21)6-10-20-18(19-3)22-13-9-17(14-22)15-23-5-2;/h16-17H,4-15H2,1-3H3,(H,19,20);1H. The third kappa shape index (κ3) is 7.04. The van der Waals surface area contributed by atoms with E-state index in [-0.39, 0.29) is 24.0 Å². The van der Waals surface area contributed by atoms with Crippen molar-refractivity contribution in [2.75, 3.05) is 59.5 Å². The number of rotatable bonds is 7. The minimum absolute atomic E-state index is 0. The molecule has 24 heavy (non-hydrogen) atoms. The van der Waals surface area contributed by atoms with E-state index in [9.17, 15) is 0 Å². The Morgan fingerprint density at radius 1 is 1.12 bits per heavy atom. The molecule has 0 aromatic rings. The molecule has 2 heterocycles. The van der Waals surface area contributed by atoms with E-state index in [0.29, 0.717) is 5.92 Å². The Kier molecular flexibility index (Phi) is 11.3. The molecular formula is C18H37IN4O. The molecule has 0 radical (unpaired) electrons. The number of aliphatic imine (C=N–C) groups is 1. The number of hydrogen-bond acceptors (Lipinski definition) is 3. The minimum Gasteiger partial charge on any atom is -0.381 e. The van der Waals surface area contributed by atoms with Gasteiger partial charge in [-0.1, -0.05) is 6.92 Å². The summed E-state index contributed by atoms with van der Waals surface area (Å²) in [4.78, 5) is 9.43. The first kappa shape index (κ1) is 22.0. The topological polar surface area (TPSA) is 40.1 Å². The number of piperidine rings is 1. The van der Waals surface area contributed by atoms with Crippen LogP contribution < -0.4 is 5.32 Å². The molecular weight excluding hydrogens is 415 g/mol. The molecule has 0 saturated carbocycles. The van der Waals surface area contributed by atoms with E-state index in [1.165, 1.54) is 45.3 Å². The predicted molar refractivity (Wildman–Crippen MR) is 112 cm³/mol. The van der Waals surface area contributed by atoms with E-state index in [4.69, 9.17) is 4.74 Å². The summed E-state index contributed by atoms with van der Waals surface area (Å²) in [5.41, 5.74) is 0. The van der Waals surface area contributed by atoms with E-state index in [1.807, 2.05) is 7.05 Å². The number of nitrogens with zero attached hydrogens (tertiary/aromatic N) is 3. The first-order chi connectivity index (χ1) is 11.3. The monoisotopic (exact) mass is 452 g/mol. The molecule has 2 aliphatic heterocycles. The highest BCUT2D eigenvalue weighted by molar-refractivity contribution is 14.0. The summed E-state index contributed by atoms with van der Waals surface area (Å²) in [6.45, 7) is 13.0. The molecule has 1 atom stereocenters. The van der Waals surface area contributed by atoms with Gasteiger partial charge in [0.15, 0.2) is 5.96 Å². The summed E-state index contributed by atoms with van der Waals surface area (Å²) in [7, 11) is 1.90. The summed E-state index contributed by atoms with van der Waals surface area (Å²) in [5.74, 6) is 2.62. The zero-order valence-electron chi connectivity index (χ0n) is 15.8. The van der Waals surface area contributed by atoms with E-state index in [2.05, 4.69) is 34.0 Å².